The molecular weight excluding hydrogens is 446 g/mol. The van der Waals surface area contributed by atoms with Gasteiger partial charge < -0.3 is 15.6 Å². The van der Waals surface area contributed by atoms with Gasteiger partial charge in [0.1, 0.15) is 0 Å². The van der Waals surface area contributed by atoms with Crippen molar-refractivity contribution in [3.05, 3.63) is 88.7 Å². The van der Waals surface area contributed by atoms with Gasteiger partial charge in [0, 0.05) is 28.4 Å². The Kier molecular flexibility index (Phi) is 5.32. The Morgan fingerprint density at radius 2 is 1.85 bits per heavy atom. The number of carbonyl (C=O) groups is 1. The number of rotatable bonds is 5. The van der Waals surface area contributed by atoms with Gasteiger partial charge in [-0.1, -0.05) is 35.9 Å². The van der Waals surface area contributed by atoms with Gasteiger partial charge in [-0.3, -0.25) is 9.69 Å². The lowest BCUT2D eigenvalue weighted by Crippen LogP contribution is -2.18. The predicted octanol–water partition coefficient (Wildman–Crippen LogP) is 5.74. The van der Waals surface area contributed by atoms with E-state index in [9.17, 15) is 4.79 Å². The molecule has 7 heteroatoms. The van der Waals surface area contributed by atoms with Crippen molar-refractivity contribution in [2.75, 3.05) is 23.7 Å². The fraction of sp³-hybridized carbons (Fsp3) is 0.185. The van der Waals surface area contributed by atoms with E-state index in [-0.39, 0.29) is 5.91 Å². The summed E-state index contributed by atoms with van der Waals surface area (Å²) in [6, 6.07) is 19.9. The quantitative estimate of drug-likeness (QED) is 0.326. The molecule has 3 heterocycles. The van der Waals surface area contributed by atoms with Crippen LogP contribution in [-0.4, -0.2) is 33.9 Å². The largest absolute Gasteiger partial charge is 0.354 e. The van der Waals surface area contributed by atoms with E-state index < -0.39 is 0 Å². The number of likely N-dealkylation sites (tertiary alicyclic amines) is 1. The molecule has 0 unspecified atom stereocenters. The highest BCUT2D eigenvalue weighted by Gasteiger charge is 2.29. The molecule has 0 bridgehead atoms. The van der Waals surface area contributed by atoms with E-state index in [4.69, 9.17) is 11.6 Å². The fourth-order valence-corrected chi connectivity index (χ4v) is 4.97. The normalized spacial score (nSPS) is 17.1. The minimum Gasteiger partial charge on any atom is -0.354 e. The minimum absolute atomic E-state index is 0.160. The van der Waals surface area contributed by atoms with Gasteiger partial charge in [-0.2, -0.15) is 0 Å². The zero-order valence-corrected chi connectivity index (χ0v) is 19.3. The predicted molar refractivity (Wildman–Crippen MR) is 138 cm³/mol. The number of imidazole rings is 1. The first-order valence-corrected chi connectivity index (χ1v) is 11.9. The summed E-state index contributed by atoms with van der Waals surface area (Å²) in [6.45, 7) is 3.31. The number of aromatic amines is 1. The number of nitrogens with zero attached hydrogens (tertiary/aromatic N) is 2. The van der Waals surface area contributed by atoms with Crippen LogP contribution in [0.3, 0.4) is 0 Å². The van der Waals surface area contributed by atoms with E-state index in [2.05, 4.69) is 49.8 Å². The molecule has 0 spiro atoms. The van der Waals surface area contributed by atoms with Crippen LogP contribution in [-0.2, 0) is 11.3 Å². The molecule has 0 saturated carbocycles. The van der Waals surface area contributed by atoms with E-state index in [0.29, 0.717) is 16.3 Å². The van der Waals surface area contributed by atoms with Crippen molar-refractivity contribution < 1.29 is 4.79 Å². The number of amides is 1. The van der Waals surface area contributed by atoms with Gasteiger partial charge in [-0.25, -0.2) is 4.98 Å². The maximum absolute atomic E-state index is 13.1. The number of fused-ring (bicyclic) bond motifs is 2. The van der Waals surface area contributed by atoms with Gasteiger partial charge in [-0.15, -0.1) is 0 Å². The van der Waals surface area contributed by atoms with Gasteiger partial charge in [0.2, 0.25) is 0 Å². The van der Waals surface area contributed by atoms with E-state index in [1.54, 1.807) is 12.4 Å². The Morgan fingerprint density at radius 3 is 2.68 bits per heavy atom. The molecule has 6 rings (SSSR count). The van der Waals surface area contributed by atoms with Crippen LogP contribution in [0.25, 0.3) is 22.3 Å². The number of hydrogen-bond donors (Lipinski definition) is 3. The summed E-state index contributed by atoms with van der Waals surface area (Å²) in [5.41, 5.74) is 7.74. The zero-order chi connectivity index (χ0) is 23.1. The molecule has 170 valence electrons. The summed E-state index contributed by atoms with van der Waals surface area (Å²) in [5, 5.41) is 7.08. The van der Waals surface area contributed by atoms with Crippen LogP contribution in [0, 0.1) is 0 Å². The summed E-state index contributed by atoms with van der Waals surface area (Å²) < 4.78 is 0. The molecule has 6 nitrogen and oxygen atoms in total. The highest BCUT2D eigenvalue weighted by Crippen LogP contribution is 2.39. The fourth-order valence-electron chi connectivity index (χ4n) is 4.80. The lowest BCUT2D eigenvalue weighted by atomic mass is 9.99. The van der Waals surface area contributed by atoms with Crippen molar-refractivity contribution in [1.29, 1.82) is 0 Å². The summed E-state index contributed by atoms with van der Waals surface area (Å²) in [7, 11) is 0. The second kappa shape index (κ2) is 8.63. The van der Waals surface area contributed by atoms with Crippen molar-refractivity contribution in [2.24, 2.45) is 0 Å². The number of benzene rings is 3. The third kappa shape index (κ3) is 3.95. The maximum atomic E-state index is 13.1. The molecule has 2 aliphatic heterocycles. The molecule has 0 radical (unpaired) electrons. The first-order chi connectivity index (χ1) is 16.6. The molecule has 0 aliphatic carbocycles. The Morgan fingerprint density at radius 1 is 1.03 bits per heavy atom. The van der Waals surface area contributed by atoms with Crippen LogP contribution >= 0.6 is 11.6 Å². The number of anilines is 2. The number of nitrogens with one attached hydrogen (secondary N) is 3. The number of carbonyl (C=O) groups excluding carboxylic acids is 1. The van der Waals surface area contributed by atoms with Crippen LogP contribution in [0.1, 0.15) is 29.5 Å². The van der Waals surface area contributed by atoms with Gasteiger partial charge in [-0.05, 0) is 67.9 Å². The average Bonchev–Trinajstić information content (AvgIpc) is 3.58. The van der Waals surface area contributed by atoms with Gasteiger partial charge in [0.05, 0.1) is 34.3 Å². The smallest absolute Gasteiger partial charge is 0.258 e. The molecule has 4 aromatic rings. The summed E-state index contributed by atoms with van der Waals surface area (Å²) in [4.78, 5) is 23.1. The molecular formula is C27H24ClN5O. The summed E-state index contributed by atoms with van der Waals surface area (Å²) in [6.07, 6.45) is 4.24. The SMILES string of the molecule is O=C1Nc2cc(Cl)ccc2/C1=C(/Nc1ccc(CN2CCCC2)cc1)c1ccc2[nH]cnc2c1. The second-order valence-corrected chi connectivity index (χ2v) is 9.27. The van der Waals surface area contributed by atoms with Crippen LogP contribution < -0.4 is 10.6 Å². The standard InChI is InChI=1S/C27H24ClN5O/c28-19-6-9-21-23(14-19)32-27(34)25(21)26(18-5-10-22-24(13-18)30-16-29-22)31-20-7-3-17(4-8-20)15-33-11-1-2-12-33/h3-10,13-14,16,31H,1-2,11-12,15H2,(H,29,30)(H,32,34)/b26-25-. The van der Waals surface area contributed by atoms with Crippen molar-refractivity contribution >= 4 is 51.2 Å². The number of aromatic nitrogens is 2. The number of H-pyrrole nitrogens is 1. The van der Waals surface area contributed by atoms with E-state index in [0.717, 1.165) is 40.1 Å². The van der Waals surface area contributed by atoms with Gasteiger partial charge >= 0.3 is 0 Å². The third-order valence-corrected chi connectivity index (χ3v) is 6.75. The second-order valence-electron chi connectivity index (χ2n) is 8.83. The highest BCUT2D eigenvalue weighted by molar-refractivity contribution is 6.38. The lowest BCUT2D eigenvalue weighted by Gasteiger charge is -2.17. The third-order valence-electron chi connectivity index (χ3n) is 6.51. The monoisotopic (exact) mass is 469 g/mol. The van der Waals surface area contributed by atoms with Crippen molar-refractivity contribution in [2.45, 2.75) is 19.4 Å². The Balaban J connectivity index is 1.41. The molecule has 1 fully saturated rings. The molecule has 1 amide bonds. The number of hydrogen-bond acceptors (Lipinski definition) is 4. The van der Waals surface area contributed by atoms with Crippen LogP contribution in [0.5, 0.6) is 0 Å². The van der Waals surface area contributed by atoms with Crippen LogP contribution in [0.2, 0.25) is 5.02 Å². The minimum atomic E-state index is -0.160. The molecule has 1 aromatic heterocycles. The van der Waals surface area contributed by atoms with E-state index in [1.165, 1.54) is 31.5 Å². The Labute approximate surface area is 202 Å². The van der Waals surface area contributed by atoms with Gasteiger partial charge in [0.15, 0.2) is 0 Å². The van der Waals surface area contributed by atoms with Crippen molar-refractivity contribution in [3.8, 4) is 0 Å². The maximum Gasteiger partial charge on any atom is 0.258 e. The van der Waals surface area contributed by atoms with Crippen molar-refractivity contribution in [1.82, 2.24) is 14.9 Å². The zero-order valence-electron chi connectivity index (χ0n) is 18.6. The molecule has 1 saturated heterocycles. The highest BCUT2D eigenvalue weighted by atomic mass is 35.5. The van der Waals surface area contributed by atoms with Gasteiger partial charge in [0.25, 0.3) is 5.91 Å². The molecule has 2 aliphatic rings. The van der Waals surface area contributed by atoms with E-state index >= 15 is 0 Å². The summed E-state index contributed by atoms with van der Waals surface area (Å²) in [5.74, 6) is -0.160. The molecule has 34 heavy (non-hydrogen) atoms. The van der Waals surface area contributed by atoms with Crippen molar-refractivity contribution in [3.63, 3.8) is 0 Å². The van der Waals surface area contributed by atoms with Crippen LogP contribution in [0.4, 0.5) is 11.4 Å². The first kappa shape index (κ1) is 21.0. The average molecular weight is 470 g/mol. The topological polar surface area (TPSA) is 73.1 Å². The van der Waals surface area contributed by atoms with Crippen LogP contribution in [0.15, 0.2) is 67.0 Å². The number of halogens is 1. The summed E-state index contributed by atoms with van der Waals surface area (Å²) >= 11 is 6.18. The molecule has 0 atom stereocenters. The molecule has 3 aromatic carbocycles. The molecule has 3 N–H and O–H groups in total. The Hall–Kier alpha value is -3.61. The van der Waals surface area contributed by atoms with E-state index in [1.807, 2.05) is 30.3 Å². The first-order valence-electron chi connectivity index (χ1n) is 11.5. The lowest BCUT2D eigenvalue weighted by molar-refractivity contribution is -0.110. The Bertz CT molecular complexity index is 1420.